The maximum atomic E-state index is 15.0. The number of carbonyl (C=O) groups excluding carboxylic acids is 4. The minimum Gasteiger partial charge on any atom is -0.456 e. The van der Waals surface area contributed by atoms with Crippen LogP contribution in [-0.2, 0) is 33.0 Å². The molecule has 3 amide bonds. The Hall–Kier alpha value is -3.07. The van der Waals surface area contributed by atoms with Gasteiger partial charge < -0.3 is 44.2 Å². The van der Waals surface area contributed by atoms with Crippen LogP contribution in [0.25, 0.3) is 0 Å². The largest absolute Gasteiger partial charge is 0.456 e. The highest BCUT2D eigenvalue weighted by atomic mass is 31.2. The van der Waals surface area contributed by atoms with Crippen LogP contribution < -0.4 is 15.1 Å². The second-order valence-electron chi connectivity index (χ2n) is 9.77. The van der Waals surface area contributed by atoms with Crippen molar-refractivity contribution >= 4 is 50.4 Å². The summed E-state index contributed by atoms with van der Waals surface area (Å²) in [6.07, 6.45) is -2.51. The third kappa shape index (κ3) is 9.21. The zero-order chi connectivity index (χ0) is 31.2. The third-order valence-corrected chi connectivity index (χ3v) is 10.5. The Morgan fingerprint density at radius 2 is 1.76 bits per heavy atom. The molecule has 1 atom stereocenters. The lowest BCUT2D eigenvalue weighted by molar-refractivity contribution is -0.152. The van der Waals surface area contributed by atoms with E-state index in [2.05, 4.69) is 5.32 Å². The molecule has 0 saturated carbocycles. The van der Waals surface area contributed by atoms with Crippen LogP contribution in [0, 0.1) is 5.82 Å². The van der Waals surface area contributed by atoms with E-state index >= 15 is 4.39 Å². The van der Waals surface area contributed by atoms with Gasteiger partial charge in [-0.2, -0.15) is 0 Å². The molecule has 0 aromatic heterocycles. The van der Waals surface area contributed by atoms with E-state index in [-0.39, 0.29) is 57.3 Å². The van der Waals surface area contributed by atoms with Crippen molar-refractivity contribution in [2.24, 2.45) is 0 Å². The van der Waals surface area contributed by atoms with Gasteiger partial charge in [-0.3, -0.25) is 28.4 Å². The summed E-state index contributed by atoms with van der Waals surface area (Å²) in [6, 6.07) is 4.29. The lowest BCUT2D eigenvalue weighted by Gasteiger charge is -2.36. The molecule has 3 rings (SSSR count). The van der Waals surface area contributed by atoms with E-state index < -0.39 is 69.9 Å². The third-order valence-electron chi connectivity index (χ3n) is 6.65. The average Bonchev–Trinajstić information content (AvgIpc) is 3.27. The van der Waals surface area contributed by atoms with E-state index in [0.29, 0.717) is 5.69 Å². The predicted octanol–water partition coefficient (Wildman–Crippen LogP) is 0.331. The Balaban J connectivity index is 1.44. The molecular formula is C23H33FN4O12P2. The van der Waals surface area contributed by atoms with E-state index in [1.54, 1.807) is 11.0 Å². The van der Waals surface area contributed by atoms with Crippen LogP contribution in [-0.4, -0.2) is 106 Å². The van der Waals surface area contributed by atoms with Crippen LogP contribution in [0.4, 0.5) is 20.6 Å². The summed E-state index contributed by atoms with van der Waals surface area (Å²) in [5, 5.41) is 0.345. The second kappa shape index (κ2) is 13.9. The van der Waals surface area contributed by atoms with Crippen molar-refractivity contribution in [2.45, 2.75) is 37.7 Å². The fourth-order valence-electron chi connectivity index (χ4n) is 4.48. The summed E-state index contributed by atoms with van der Waals surface area (Å²) in [7, 11) is -10.2. The van der Waals surface area contributed by atoms with Crippen LogP contribution in [0.3, 0.4) is 0 Å². The number of benzene rings is 1. The molecule has 42 heavy (non-hydrogen) atoms. The summed E-state index contributed by atoms with van der Waals surface area (Å²) in [4.78, 5) is 88.5. The Morgan fingerprint density at radius 1 is 1.12 bits per heavy atom. The molecule has 0 spiro atoms. The Kier molecular flexibility index (Phi) is 11.1. The number of halogens is 1. The second-order valence-corrected chi connectivity index (χ2v) is 13.8. The fraction of sp³-hybridized carbons (Fsp3) is 0.565. The monoisotopic (exact) mass is 638 g/mol. The van der Waals surface area contributed by atoms with E-state index in [0.717, 1.165) is 0 Å². The Labute approximate surface area is 240 Å². The molecule has 0 unspecified atom stereocenters. The van der Waals surface area contributed by atoms with E-state index in [1.165, 1.54) is 28.9 Å². The molecule has 0 aliphatic carbocycles. The van der Waals surface area contributed by atoms with Crippen molar-refractivity contribution in [1.82, 2.24) is 10.2 Å². The van der Waals surface area contributed by atoms with Gasteiger partial charge in [-0.05, 0) is 31.0 Å². The van der Waals surface area contributed by atoms with Crippen molar-refractivity contribution in [3.05, 3.63) is 24.0 Å². The first-order valence-electron chi connectivity index (χ1n) is 12.9. The van der Waals surface area contributed by atoms with E-state index in [1.807, 2.05) is 0 Å². The lowest BCUT2D eigenvalue weighted by Crippen LogP contribution is -2.50. The first-order valence-corrected chi connectivity index (χ1v) is 16.2. The molecule has 2 aliphatic heterocycles. The number of nitrogens with zero attached hydrogens (tertiary/aromatic N) is 3. The number of nitrogens with one attached hydrogen (secondary N) is 1. The van der Waals surface area contributed by atoms with Gasteiger partial charge in [-0.25, -0.2) is 9.18 Å². The smallest absolute Gasteiger partial charge is 0.414 e. The van der Waals surface area contributed by atoms with Crippen LogP contribution in [0.15, 0.2) is 18.2 Å². The van der Waals surface area contributed by atoms with Crippen molar-refractivity contribution in [1.29, 1.82) is 0 Å². The van der Waals surface area contributed by atoms with Crippen LogP contribution in [0.2, 0.25) is 0 Å². The Morgan fingerprint density at radius 3 is 2.33 bits per heavy atom. The summed E-state index contributed by atoms with van der Waals surface area (Å²) in [5.41, 5.74) is 0.560. The van der Waals surface area contributed by atoms with Gasteiger partial charge in [0.2, 0.25) is 5.91 Å². The van der Waals surface area contributed by atoms with Gasteiger partial charge in [0.1, 0.15) is 11.9 Å². The highest BCUT2D eigenvalue weighted by Gasteiger charge is 2.42. The van der Waals surface area contributed by atoms with Gasteiger partial charge >= 0.3 is 27.3 Å². The number of hydrogen-bond donors (Lipinski definition) is 5. The molecule has 19 heteroatoms. The van der Waals surface area contributed by atoms with Gasteiger partial charge in [0.25, 0.3) is 5.91 Å². The van der Waals surface area contributed by atoms with Crippen molar-refractivity contribution in [2.75, 3.05) is 55.7 Å². The molecule has 2 fully saturated rings. The van der Waals surface area contributed by atoms with Crippen molar-refractivity contribution in [3.8, 4) is 0 Å². The minimum atomic E-state index is -5.09. The average molecular weight is 638 g/mol. The number of piperazine rings is 1. The van der Waals surface area contributed by atoms with Gasteiger partial charge in [-0.1, -0.05) is 0 Å². The van der Waals surface area contributed by atoms with Gasteiger partial charge in [-0.15, -0.1) is 0 Å². The highest BCUT2D eigenvalue weighted by Crippen LogP contribution is 2.61. The van der Waals surface area contributed by atoms with Crippen molar-refractivity contribution in [3.63, 3.8) is 0 Å². The van der Waals surface area contributed by atoms with Crippen molar-refractivity contribution < 1.29 is 61.7 Å². The zero-order valence-corrected chi connectivity index (χ0v) is 24.4. The number of anilines is 2. The molecule has 1 aromatic carbocycles. The standard InChI is InChI=1S/C23H33FN4O12P2/c1-15(29)25-12-17-13-28(23(32)40-17)16-5-6-19(18(24)11-16)26-7-9-27(10-8-26)20(30)14-39-21(31)3-2-4-22(41(33,34)35)42(36,37)38/h5-6,11,17,22H,2-4,7-10,12-14H2,1H3,(H,25,29)(H2,33,34,35)(H2,36,37,38)/t17-/m0/s1. The molecule has 2 aliphatic rings. The Bertz CT molecular complexity index is 1260. The maximum absolute atomic E-state index is 15.0. The fourth-order valence-corrected chi connectivity index (χ4v) is 7.09. The lowest BCUT2D eigenvalue weighted by atomic mass is 10.2. The molecule has 234 valence electrons. The number of cyclic esters (lactones) is 1. The van der Waals surface area contributed by atoms with Gasteiger partial charge in [0, 0.05) is 39.5 Å². The molecular weight excluding hydrogens is 605 g/mol. The van der Waals surface area contributed by atoms with Crippen LogP contribution in [0.1, 0.15) is 26.2 Å². The van der Waals surface area contributed by atoms with Gasteiger partial charge in [0.15, 0.2) is 12.0 Å². The number of amides is 3. The van der Waals surface area contributed by atoms with E-state index in [4.69, 9.17) is 29.0 Å². The first kappa shape index (κ1) is 33.4. The summed E-state index contributed by atoms with van der Waals surface area (Å²) in [6.45, 7) is 1.97. The molecule has 2 saturated heterocycles. The predicted molar refractivity (Wildman–Crippen MR) is 144 cm³/mol. The van der Waals surface area contributed by atoms with E-state index in [9.17, 15) is 28.3 Å². The van der Waals surface area contributed by atoms with Crippen LogP contribution >= 0.6 is 15.2 Å². The van der Waals surface area contributed by atoms with Gasteiger partial charge in [0.05, 0.1) is 24.5 Å². The first-order chi connectivity index (χ1) is 19.6. The number of carbonyl (C=O) groups is 4. The summed E-state index contributed by atoms with van der Waals surface area (Å²) in [5.74, 6) is -2.23. The topological polar surface area (TPSA) is 224 Å². The molecule has 5 N–H and O–H groups in total. The maximum Gasteiger partial charge on any atom is 0.414 e. The molecule has 1 aromatic rings. The summed E-state index contributed by atoms with van der Waals surface area (Å²) >= 11 is 0. The number of ether oxygens (including phenoxy) is 2. The molecule has 0 bridgehead atoms. The summed E-state index contributed by atoms with van der Waals surface area (Å²) < 4.78 is 47.7. The number of rotatable bonds is 12. The number of hydrogen-bond acceptors (Lipinski definition) is 9. The zero-order valence-electron chi connectivity index (χ0n) is 22.6. The molecule has 16 nitrogen and oxygen atoms in total. The quantitative estimate of drug-likeness (QED) is 0.154. The normalized spacial score (nSPS) is 17.8. The molecule has 2 heterocycles. The van der Waals surface area contributed by atoms with Crippen LogP contribution in [0.5, 0.6) is 0 Å². The minimum absolute atomic E-state index is 0.138. The highest BCUT2D eigenvalue weighted by molar-refractivity contribution is 7.70. The molecule has 0 radical (unpaired) electrons. The number of esters is 1. The SMILES string of the molecule is CC(=O)NC[C@H]1CN(c2ccc(N3CCN(C(=O)COC(=O)CCCC(P(=O)(O)O)P(=O)(O)O)CC3)c(F)c2)C(=O)O1.